The van der Waals surface area contributed by atoms with Crippen molar-refractivity contribution in [2.75, 3.05) is 0 Å². The van der Waals surface area contributed by atoms with Gasteiger partial charge < -0.3 is 4.42 Å². The van der Waals surface area contributed by atoms with Crippen LogP contribution in [-0.2, 0) is 6.37 Å². The van der Waals surface area contributed by atoms with Crippen LogP contribution in [0.15, 0.2) is 59.3 Å². The highest BCUT2D eigenvalue weighted by molar-refractivity contribution is 6.08. The first-order valence-electron chi connectivity index (χ1n) is 8.71. The maximum atomic E-state index is 8.34. The van der Waals surface area contributed by atoms with Crippen LogP contribution in [-0.4, -0.2) is 9.97 Å². The Labute approximate surface area is 137 Å². The van der Waals surface area contributed by atoms with Gasteiger partial charge in [0.25, 0.3) is 0 Å². The largest absolute Gasteiger partial charge is 0.437 e. The molecule has 3 heteroatoms. The summed E-state index contributed by atoms with van der Waals surface area (Å²) < 4.78 is 22.6. The van der Waals surface area contributed by atoms with Crippen LogP contribution < -0.4 is 0 Å². The monoisotopic (exact) mass is 304 g/mol. The van der Waals surface area contributed by atoms with Gasteiger partial charge in [-0.15, -0.1) is 0 Å². The van der Waals surface area contributed by atoms with E-state index in [0.29, 0.717) is 17.0 Å². The molecule has 0 aliphatic carbocycles. The molecular formula is C20H18N2O. The molecule has 0 bridgehead atoms. The number of aromatic nitrogens is 2. The Kier molecular flexibility index (Phi) is 2.83. The van der Waals surface area contributed by atoms with Gasteiger partial charge in [-0.2, -0.15) is 0 Å². The summed E-state index contributed by atoms with van der Waals surface area (Å²) in [5, 5.41) is 1.95. The Bertz CT molecular complexity index is 1070. The first-order valence-corrected chi connectivity index (χ1v) is 7.71. The van der Waals surface area contributed by atoms with E-state index in [-0.39, 0.29) is 5.92 Å². The molecule has 0 aliphatic heterocycles. The summed E-state index contributed by atoms with van der Waals surface area (Å²) in [5.41, 5.74) is 3.49. The van der Waals surface area contributed by atoms with E-state index in [1.54, 1.807) is 18.5 Å². The van der Waals surface area contributed by atoms with Crippen molar-refractivity contribution < 1.29 is 7.16 Å². The highest BCUT2D eigenvalue weighted by atomic mass is 16.3. The molecule has 0 saturated carbocycles. The second-order valence-corrected chi connectivity index (χ2v) is 5.87. The van der Waals surface area contributed by atoms with Crippen molar-refractivity contribution in [3.63, 3.8) is 0 Å². The molecule has 23 heavy (non-hydrogen) atoms. The number of benzene rings is 1. The van der Waals surface area contributed by atoms with Crippen LogP contribution in [0.5, 0.6) is 0 Å². The number of furan rings is 1. The van der Waals surface area contributed by atoms with Crippen molar-refractivity contribution in [2.24, 2.45) is 5.92 Å². The predicted molar refractivity (Wildman–Crippen MR) is 93.3 cm³/mol. The molecule has 0 N–H and O–H groups in total. The van der Waals surface area contributed by atoms with E-state index < -0.39 is 6.37 Å². The molecule has 3 nitrogen and oxygen atoms in total. The molecule has 0 fully saturated rings. The third-order valence-electron chi connectivity index (χ3n) is 3.77. The van der Waals surface area contributed by atoms with Gasteiger partial charge in [0.2, 0.25) is 5.71 Å². The molecule has 0 unspecified atom stereocenters. The lowest BCUT2D eigenvalue weighted by Crippen LogP contribution is -1.95. The van der Waals surface area contributed by atoms with Crippen LogP contribution >= 0.6 is 0 Å². The minimum absolute atomic E-state index is 0.131. The zero-order chi connectivity index (χ0) is 17.6. The zero-order valence-corrected chi connectivity index (χ0v) is 13.1. The van der Waals surface area contributed by atoms with Crippen molar-refractivity contribution >= 4 is 22.1 Å². The molecule has 0 radical (unpaired) electrons. The first kappa shape index (κ1) is 11.8. The van der Waals surface area contributed by atoms with Crippen molar-refractivity contribution in [2.45, 2.75) is 20.2 Å². The van der Waals surface area contributed by atoms with Gasteiger partial charge in [-0.25, -0.2) is 4.98 Å². The molecule has 4 aromatic rings. The molecular weight excluding hydrogens is 284 g/mol. The number of rotatable bonds is 3. The normalized spacial score (nSPS) is 13.5. The van der Waals surface area contributed by atoms with Crippen molar-refractivity contribution in [1.82, 2.24) is 9.97 Å². The van der Waals surface area contributed by atoms with E-state index in [9.17, 15) is 0 Å². The Morgan fingerprint density at radius 3 is 2.78 bits per heavy atom. The van der Waals surface area contributed by atoms with Crippen LogP contribution in [0.4, 0.5) is 0 Å². The Hall–Kier alpha value is -2.68. The summed E-state index contributed by atoms with van der Waals surface area (Å²) in [6.07, 6.45) is 1.95. The second kappa shape index (κ2) is 5.51. The van der Waals surface area contributed by atoms with E-state index in [1.165, 1.54) is 0 Å². The summed E-state index contributed by atoms with van der Waals surface area (Å²) >= 11 is 0. The number of fused-ring (bicyclic) bond motifs is 3. The second-order valence-electron chi connectivity index (χ2n) is 5.87. The zero-order valence-electron chi connectivity index (χ0n) is 15.1. The molecule has 0 amide bonds. The summed E-state index contributed by atoms with van der Waals surface area (Å²) in [7, 11) is 0. The fourth-order valence-electron chi connectivity index (χ4n) is 2.84. The number of hydrogen-bond donors (Lipinski definition) is 0. The molecule has 0 saturated heterocycles. The maximum Gasteiger partial charge on any atom is 0.227 e. The number of nitrogens with zero attached hydrogens (tertiary/aromatic N) is 2. The Balaban J connectivity index is 1.94. The van der Waals surface area contributed by atoms with Gasteiger partial charge in [0.1, 0.15) is 5.58 Å². The number of para-hydroxylation sites is 1. The number of hydrogen-bond acceptors (Lipinski definition) is 3. The quantitative estimate of drug-likeness (QED) is 0.519. The molecule has 3 heterocycles. The summed E-state index contributed by atoms with van der Waals surface area (Å²) in [4.78, 5) is 8.74. The minimum atomic E-state index is -1.42. The topological polar surface area (TPSA) is 38.9 Å². The van der Waals surface area contributed by atoms with Gasteiger partial charge >= 0.3 is 0 Å². The third-order valence-corrected chi connectivity index (χ3v) is 3.77. The average Bonchev–Trinajstić information content (AvgIpc) is 3.00. The lowest BCUT2D eigenvalue weighted by atomic mass is 10.0. The Morgan fingerprint density at radius 1 is 1.04 bits per heavy atom. The van der Waals surface area contributed by atoms with E-state index in [4.69, 9.17) is 7.16 Å². The van der Waals surface area contributed by atoms with Gasteiger partial charge in [-0.1, -0.05) is 26.0 Å². The third kappa shape index (κ3) is 2.48. The van der Waals surface area contributed by atoms with Gasteiger partial charge in [-0.05, 0) is 48.2 Å². The van der Waals surface area contributed by atoms with Crippen LogP contribution in [0.25, 0.3) is 33.3 Å². The standard InChI is InChI=1S/C20H18N2O/c1-13(2)11-14-8-10-21-18(12-14)17-6-3-5-15-16-7-4-9-22-20(16)23-19(15)17/h3-10,12-13H,11H2,1-2H3/i11D2. The first-order chi connectivity index (χ1) is 12.0. The Morgan fingerprint density at radius 2 is 1.91 bits per heavy atom. The molecule has 0 aliphatic rings. The molecule has 0 spiro atoms. The van der Waals surface area contributed by atoms with E-state index in [2.05, 4.69) is 9.97 Å². The van der Waals surface area contributed by atoms with Crippen molar-refractivity contribution in [3.05, 3.63) is 60.4 Å². The van der Waals surface area contributed by atoms with E-state index >= 15 is 0 Å². The summed E-state index contributed by atoms with van der Waals surface area (Å²) in [5.74, 6) is -0.131. The van der Waals surface area contributed by atoms with Gasteiger partial charge in [0.15, 0.2) is 0 Å². The lowest BCUT2D eigenvalue weighted by molar-refractivity contribution is 0.646. The molecule has 0 atom stereocenters. The van der Waals surface area contributed by atoms with Crippen LogP contribution in [0.3, 0.4) is 0 Å². The highest BCUT2D eigenvalue weighted by Gasteiger charge is 2.13. The summed E-state index contributed by atoms with van der Waals surface area (Å²) in [6.45, 7) is 3.76. The van der Waals surface area contributed by atoms with E-state index in [1.807, 2.05) is 50.2 Å². The van der Waals surface area contributed by atoms with Gasteiger partial charge in [0.05, 0.1) is 5.69 Å². The number of pyridine rings is 2. The summed E-state index contributed by atoms with van der Waals surface area (Å²) in [6, 6.07) is 13.3. The van der Waals surface area contributed by atoms with Gasteiger partial charge in [-0.3, -0.25) is 4.98 Å². The highest BCUT2D eigenvalue weighted by Crippen LogP contribution is 2.34. The van der Waals surface area contributed by atoms with Crippen molar-refractivity contribution in [3.8, 4) is 11.3 Å². The van der Waals surface area contributed by atoms with Crippen LogP contribution in [0.2, 0.25) is 0 Å². The fourth-order valence-corrected chi connectivity index (χ4v) is 2.84. The maximum absolute atomic E-state index is 8.34. The average molecular weight is 304 g/mol. The predicted octanol–water partition coefficient (Wildman–Crippen LogP) is 5.24. The van der Waals surface area contributed by atoms with Gasteiger partial charge in [0, 0.05) is 31.5 Å². The fraction of sp³-hybridized carbons (Fsp3) is 0.200. The SMILES string of the molecule is [2H]C([2H])(c1ccnc(-c2cccc3c2oc2ncccc23)c1)C(C)C. The smallest absolute Gasteiger partial charge is 0.227 e. The van der Waals surface area contributed by atoms with E-state index in [0.717, 1.165) is 21.9 Å². The lowest BCUT2D eigenvalue weighted by Gasteiger charge is -2.07. The molecule has 114 valence electrons. The molecule has 1 aromatic carbocycles. The molecule has 4 rings (SSSR count). The minimum Gasteiger partial charge on any atom is -0.437 e. The molecule has 3 aromatic heterocycles. The van der Waals surface area contributed by atoms with Crippen LogP contribution in [0, 0.1) is 5.92 Å². The van der Waals surface area contributed by atoms with Crippen molar-refractivity contribution in [1.29, 1.82) is 0 Å². The van der Waals surface area contributed by atoms with Crippen LogP contribution in [0.1, 0.15) is 22.2 Å².